The predicted octanol–water partition coefficient (Wildman–Crippen LogP) is 3.23. The molecule has 2 fully saturated rings. The summed E-state index contributed by atoms with van der Waals surface area (Å²) in [7, 11) is 3.90. The van der Waals surface area contributed by atoms with Crippen LogP contribution in [-0.2, 0) is 0 Å². The number of aliphatic imine (C=N–C) groups is 1. The third kappa shape index (κ3) is 4.21. The molecule has 2 saturated heterocycles. The van der Waals surface area contributed by atoms with Gasteiger partial charge in [0.05, 0.1) is 13.0 Å². The number of anilines is 1. The molecule has 25 heavy (non-hydrogen) atoms. The third-order valence-electron chi connectivity index (χ3n) is 5.80. The van der Waals surface area contributed by atoms with Crippen LogP contribution in [0.2, 0.25) is 0 Å². The highest BCUT2D eigenvalue weighted by Crippen LogP contribution is 2.42. The van der Waals surface area contributed by atoms with Gasteiger partial charge < -0.3 is 20.3 Å². The van der Waals surface area contributed by atoms with Gasteiger partial charge in [0.1, 0.15) is 17.3 Å². The number of likely N-dealkylation sites (tertiary alicyclic amines) is 1. The molecule has 0 atom stereocenters. The van der Waals surface area contributed by atoms with Crippen LogP contribution >= 0.6 is 11.6 Å². The molecule has 0 aliphatic carbocycles. The first-order valence-corrected chi connectivity index (χ1v) is 9.59. The van der Waals surface area contributed by atoms with Gasteiger partial charge in [-0.2, -0.15) is 0 Å². The lowest BCUT2D eigenvalue weighted by molar-refractivity contribution is 0.0945. The fourth-order valence-corrected chi connectivity index (χ4v) is 4.03. The van der Waals surface area contributed by atoms with E-state index >= 15 is 0 Å². The molecule has 1 aromatic carbocycles. The SMILES string of the molecule is COc1cc(N2CCC3(CCN(C)CC3)CC2)ccc1N=C(N)CCl. The van der Waals surface area contributed by atoms with E-state index in [9.17, 15) is 0 Å². The highest BCUT2D eigenvalue weighted by Gasteiger charge is 2.36. The lowest BCUT2D eigenvalue weighted by Gasteiger charge is -2.46. The van der Waals surface area contributed by atoms with Crippen LogP contribution in [0.5, 0.6) is 5.75 Å². The minimum Gasteiger partial charge on any atom is -0.494 e. The third-order valence-corrected chi connectivity index (χ3v) is 6.08. The van der Waals surface area contributed by atoms with Gasteiger partial charge in [0.15, 0.2) is 0 Å². The minimum atomic E-state index is 0.217. The first-order valence-electron chi connectivity index (χ1n) is 9.06. The van der Waals surface area contributed by atoms with Crippen LogP contribution in [0.3, 0.4) is 0 Å². The molecule has 2 aliphatic rings. The topological polar surface area (TPSA) is 54.1 Å². The first-order chi connectivity index (χ1) is 12.0. The quantitative estimate of drug-likeness (QED) is 0.506. The molecule has 0 unspecified atom stereocenters. The second kappa shape index (κ2) is 7.83. The summed E-state index contributed by atoms with van der Waals surface area (Å²) in [6.45, 7) is 4.70. The summed E-state index contributed by atoms with van der Waals surface area (Å²) in [6, 6.07) is 6.13. The number of rotatable bonds is 4. The van der Waals surface area contributed by atoms with E-state index in [1.54, 1.807) is 7.11 Å². The van der Waals surface area contributed by atoms with Crippen LogP contribution in [0, 0.1) is 5.41 Å². The number of alkyl halides is 1. The van der Waals surface area contributed by atoms with Crippen molar-refractivity contribution in [3.8, 4) is 5.75 Å². The Morgan fingerprint density at radius 3 is 2.44 bits per heavy atom. The monoisotopic (exact) mass is 364 g/mol. The molecule has 1 aromatic rings. The van der Waals surface area contributed by atoms with Gasteiger partial charge in [-0.3, -0.25) is 0 Å². The second-order valence-corrected chi connectivity index (χ2v) is 7.65. The van der Waals surface area contributed by atoms with E-state index in [4.69, 9.17) is 22.1 Å². The molecule has 2 heterocycles. The van der Waals surface area contributed by atoms with Gasteiger partial charge in [-0.15, -0.1) is 11.6 Å². The molecular formula is C19H29ClN4O. The van der Waals surface area contributed by atoms with E-state index in [-0.39, 0.29) is 5.88 Å². The average Bonchev–Trinajstić information content (AvgIpc) is 2.65. The zero-order valence-corrected chi connectivity index (χ0v) is 16.1. The number of ether oxygens (including phenoxy) is 1. The van der Waals surface area contributed by atoms with Crippen LogP contribution in [0.1, 0.15) is 25.7 Å². The lowest BCUT2D eigenvalue weighted by atomic mass is 9.71. The number of methoxy groups -OCH3 is 1. The second-order valence-electron chi connectivity index (χ2n) is 7.38. The van der Waals surface area contributed by atoms with Gasteiger partial charge in [0, 0.05) is 24.8 Å². The molecule has 0 bridgehead atoms. The summed E-state index contributed by atoms with van der Waals surface area (Å²) in [4.78, 5) is 9.24. The molecule has 2 N–H and O–H groups in total. The number of piperidine rings is 2. The van der Waals surface area contributed by atoms with Crippen LogP contribution in [0.4, 0.5) is 11.4 Å². The molecule has 6 heteroatoms. The maximum atomic E-state index is 5.75. The van der Waals surface area contributed by atoms with E-state index in [0.29, 0.717) is 11.3 Å². The molecule has 2 aliphatic heterocycles. The van der Waals surface area contributed by atoms with Crippen molar-refractivity contribution in [3.63, 3.8) is 0 Å². The van der Waals surface area contributed by atoms with E-state index < -0.39 is 0 Å². The Hall–Kier alpha value is -1.46. The number of nitrogens with zero attached hydrogens (tertiary/aromatic N) is 3. The summed E-state index contributed by atoms with van der Waals surface area (Å²) >= 11 is 5.72. The van der Waals surface area contributed by atoms with Gasteiger partial charge in [0.2, 0.25) is 0 Å². The predicted molar refractivity (Wildman–Crippen MR) is 106 cm³/mol. The largest absolute Gasteiger partial charge is 0.494 e. The Bertz CT molecular complexity index is 616. The van der Waals surface area contributed by atoms with Gasteiger partial charge >= 0.3 is 0 Å². The Kier molecular flexibility index (Phi) is 5.74. The summed E-state index contributed by atoms with van der Waals surface area (Å²) in [5.41, 5.74) is 8.24. The molecule has 0 aromatic heterocycles. The van der Waals surface area contributed by atoms with Crippen LogP contribution in [-0.4, -0.2) is 57.0 Å². The van der Waals surface area contributed by atoms with Crippen molar-refractivity contribution in [2.24, 2.45) is 16.1 Å². The van der Waals surface area contributed by atoms with E-state index in [1.807, 2.05) is 6.07 Å². The average molecular weight is 365 g/mol. The summed E-state index contributed by atoms with van der Waals surface area (Å²) in [6.07, 6.45) is 5.24. The lowest BCUT2D eigenvalue weighted by Crippen LogP contribution is -2.46. The Balaban J connectivity index is 1.69. The van der Waals surface area contributed by atoms with E-state index in [0.717, 1.165) is 24.5 Å². The number of hydrogen-bond acceptors (Lipinski definition) is 4. The van der Waals surface area contributed by atoms with E-state index in [2.05, 4.69) is 34.0 Å². The van der Waals surface area contributed by atoms with Gasteiger partial charge in [0.25, 0.3) is 0 Å². The fraction of sp³-hybridized carbons (Fsp3) is 0.632. The standard InChI is InChI=1S/C19H29ClN4O/c1-23-9-5-19(6-10-23)7-11-24(12-8-19)15-3-4-16(17(13-15)25-2)22-18(21)14-20/h3-4,13H,5-12,14H2,1-2H3,(H2,21,22). The van der Waals surface area contributed by atoms with Crippen LogP contribution < -0.4 is 15.4 Å². The number of halogens is 1. The summed E-state index contributed by atoms with van der Waals surface area (Å²) < 4.78 is 5.51. The molecule has 1 spiro atoms. The number of nitrogens with two attached hydrogens (primary N) is 1. The molecule has 138 valence electrons. The molecule has 0 saturated carbocycles. The maximum Gasteiger partial charge on any atom is 0.146 e. The Labute approximate surface area is 155 Å². The number of benzene rings is 1. The Morgan fingerprint density at radius 1 is 1.20 bits per heavy atom. The maximum absolute atomic E-state index is 5.75. The molecule has 0 radical (unpaired) electrons. The highest BCUT2D eigenvalue weighted by molar-refractivity contribution is 6.28. The van der Waals surface area contributed by atoms with Crippen LogP contribution in [0.15, 0.2) is 23.2 Å². The highest BCUT2D eigenvalue weighted by atomic mass is 35.5. The summed E-state index contributed by atoms with van der Waals surface area (Å²) in [5.74, 6) is 1.36. The van der Waals surface area contributed by atoms with Crippen LogP contribution in [0.25, 0.3) is 0 Å². The van der Waals surface area contributed by atoms with Gasteiger partial charge in [-0.1, -0.05) is 0 Å². The smallest absolute Gasteiger partial charge is 0.146 e. The molecular weight excluding hydrogens is 336 g/mol. The van der Waals surface area contributed by atoms with Gasteiger partial charge in [-0.05, 0) is 63.4 Å². The normalized spacial score (nSPS) is 21.6. The van der Waals surface area contributed by atoms with Crippen molar-refractivity contribution in [1.82, 2.24) is 4.90 Å². The first kappa shape index (κ1) is 18.3. The molecule has 5 nitrogen and oxygen atoms in total. The van der Waals surface area contributed by atoms with E-state index in [1.165, 1.54) is 44.5 Å². The van der Waals surface area contributed by atoms with Crippen molar-refractivity contribution in [1.29, 1.82) is 0 Å². The van der Waals surface area contributed by atoms with Crippen molar-refractivity contribution in [2.75, 3.05) is 51.1 Å². The van der Waals surface area contributed by atoms with Crippen molar-refractivity contribution in [2.45, 2.75) is 25.7 Å². The Morgan fingerprint density at radius 2 is 1.84 bits per heavy atom. The zero-order valence-electron chi connectivity index (χ0n) is 15.3. The summed E-state index contributed by atoms with van der Waals surface area (Å²) in [5, 5.41) is 0. The molecule has 0 amide bonds. The molecule has 3 rings (SSSR count). The van der Waals surface area contributed by atoms with Crippen molar-refractivity contribution in [3.05, 3.63) is 18.2 Å². The van der Waals surface area contributed by atoms with Gasteiger partial charge in [-0.25, -0.2) is 4.99 Å². The minimum absolute atomic E-state index is 0.217. The van der Waals surface area contributed by atoms with Crippen molar-refractivity contribution < 1.29 is 4.74 Å². The number of amidine groups is 1. The zero-order chi connectivity index (χ0) is 17.9. The number of hydrogen-bond donors (Lipinski definition) is 1. The fourth-order valence-electron chi connectivity index (χ4n) is 3.97. The van der Waals surface area contributed by atoms with Crippen molar-refractivity contribution >= 4 is 28.8 Å².